The fourth-order valence-corrected chi connectivity index (χ4v) is 3.49. The highest BCUT2D eigenvalue weighted by Crippen LogP contribution is 2.25. The average Bonchev–Trinajstić information content (AvgIpc) is 2.88. The van der Waals surface area contributed by atoms with E-state index < -0.39 is 0 Å². The number of rotatable bonds is 6. The Morgan fingerprint density at radius 2 is 1.78 bits per heavy atom. The van der Waals surface area contributed by atoms with E-state index in [0.717, 1.165) is 50.4 Å². The summed E-state index contributed by atoms with van der Waals surface area (Å²) < 4.78 is 5.35. The van der Waals surface area contributed by atoms with Crippen LogP contribution in [0.15, 0.2) is 48.5 Å². The van der Waals surface area contributed by atoms with Crippen LogP contribution in [0.25, 0.3) is 0 Å². The molecule has 2 aromatic carbocycles. The van der Waals surface area contributed by atoms with E-state index in [1.54, 1.807) is 7.11 Å². The molecule has 0 unspecified atom stereocenters. The molecular formula is C22H29N3O2. The lowest BCUT2D eigenvalue weighted by atomic mass is 10.2. The van der Waals surface area contributed by atoms with Crippen molar-refractivity contribution in [3.8, 4) is 5.75 Å². The molecule has 3 rings (SSSR count). The van der Waals surface area contributed by atoms with Crippen LogP contribution < -0.4 is 10.1 Å². The van der Waals surface area contributed by atoms with Crippen molar-refractivity contribution in [1.82, 2.24) is 9.80 Å². The van der Waals surface area contributed by atoms with E-state index in [1.165, 1.54) is 5.56 Å². The molecule has 0 atom stereocenters. The van der Waals surface area contributed by atoms with Crippen molar-refractivity contribution < 1.29 is 9.53 Å². The van der Waals surface area contributed by atoms with E-state index in [0.29, 0.717) is 12.3 Å². The molecule has 5 heteroatoms. The number of hydrogen-bond donors (Lipinski definition) is 1. The van der Waals surface area contributed by atoms with Crippen LogP contribution in [0.4, 0.5) is 5.69 Å². The van der Waals surface area contributed by atoms with Gasteiger partial charge >= 0.3 is 0 Å². The first kappa shape index (κ1) is 19.4. The van der Waals surface area contributed by atoms with Crippen molar-refractivity contribution in [2.45, 2.75) is 19.9 Å². The Balaban J connectivity index is 1.51. The molecule has 1 aliphatic heterocycles. The molecule has 0 bridgehead atoms. The number of methoxy groups -OCH3 is 1. The molecule has 1 fully saturated rings. The lowest BCUT2D eigenvalue weighted by molar-refractivity contribution is -0.117. The minimum atomic E-state index is 0.00964. The highest BCUT2D eigenvalue weighted by atomic mass is 16.5. The number of nitrogens with one attached hydrogen (secondary N) is 1. The van der Waals surface area contributed by atoms with Gasteiger partial charge in [-0.25, -0.2) is 0 Å². The van der Waals surface area contributed by atoms with Crippen LogP contribution in [0.5, 0.6) is 5.75 Å². The number of amides is 1. The molecule has 144 valence electrons. The van der Waals surface area contributed by atoms with Crippen LogP contribution in [-0.2, 0) is 11.3 Å². The molecule has 0 saturated carbocycles. The molecule has 1 N–H and O–H groups in total. The number of benzene rings is 2. The number of aryl methyl sites for hydroxylation is 1. The van der Waals surface area contributed by atoms with Gasteiger partial charge in [0.1, 0.15) is 5.75 Å². The zero-order valence-corrected chi connectivity index (χ0v) is 16.3. The first-order valence-electron chi connectivity index (χ1n) is 9.57. The largest absolute Gasteiger partial charge is 0.495 e. The number of ether oxygens (including phenoxy) is 1. The van der Waals surface area contributed by atoms with E-state index in [2.05, 4.69) is 45.4 Å². The van der Waals surface area contributed by atoms with Gasteiger partial charge in [0, 0.05) is 19.6 Å². The van der Waals surface area contributed by atoms with Gasteiger partial charge in [-0.15, -0.1) is 0 Å². The Labute approximate surface area is 161 Å². The van der Waals surface area contributed by atoms with Gasteiger partial charge < -0.3 is 10.1 Å². The van der Waals surface area contributed by atoms with Gasteiger partial charge in [-0.05, 0) is 49.7 Å². The first-order valence-corrected chi connectivity index (χ1v) is 9.57. The second-order valence-electron chi connectivity index (χ2n) is 7.14. The van der Waals surface area contributed by atoms with Crippen molar-refractivity contribution in [1.29, 1.82) is 0 Å². The van der Waals surface area contributed by atoms with Crippen molar-refractivity contribution in [3.63, 3.8) is 0 Å². The lowest BCUT2D eigenvalue weighted by Crippen LogP contribution is -2.36. The normalized spacial score (nSPS) is 15.9. The molecule has 1 aliphatic rings. The SMILES string of the molecule is COc1ccc(C)cc1NC(=O)CN1CCCN(Cc2ccccc2)CC1. The van der Waals surface area contributed by atoms with Crippen molar-refractivity contribution in [3.05, 3.63) is 59.7 Å². The fraction of sp³-hybridized carbons (Fsp3) is 0.409. The first-order chi connectivity index (χ1) is 13.1. The van der Waals surface area contributed by atoms with E-state index in [9.17, 15) is 4.79 Å². The summed E-state index contributed by atoms with van der Waals surface area (Å²) in [5.41, 5.74) is 3.18. The Morgan fingerprint density at radius 1 is 1.04 bits per heavy atom. The summed E-state index contributed by atoms with van der Waals surface area (Å²) in [6.07, 6.45) is 1.08. The van der Waals surface area contributed by atoms with E-state index in [-0.39, 0.29) is 5.91 Å². The molecule has 27 heavy (non-hydrogen) atoms. The maximum absolute atomic E-state index is 12.5. The van der Waals surface area contributed by atoms with Gasteiger partial charge in [0.25, 0.3) is 0 Å². The van der Waals surface area contributed by atoms with E-state index >= 15 is 0 Å². The third-order valence-corrected chi connectivity index (χ3v) is 4.93. The van der Waals surface area contributed by atoms with Gasteiger partial charge in [-0.2, -0.15) is 0 Å². The second kappa shape index (κ2) is 9.53. The summed E-state index contributed by atoms with van der Waals surface area (Å²) in [6.45, 7) is 7.30. The molecule has 0 radical (unpaired) electrons. The third kappa shape index (κ3) is 5.81. The molecule has 0 aliphatic carbocycles. The van der Waals surface area contributed by atoms with Gasteiger partial charge in [-0.1, -0.05) is 36.4 Å². The van der Waals surface area contributed by atoms with E-state index in [4.69, 9.17) is 4.74 Å². The quantitative estimate of drug-likeness (QED) is 0.852. The topological polar surface area (TPSA) is 44.8 Å². The van der Waals surface area contributed by atoms with Crippen LogP contribution in [0.1, 0.15) is 17.5 Å². The summed E-state index contributed by atoms with van der Waals surface area (Å²) in [7, 11) is 1.62. The van der Waals surface area contributed by atoms with Crippen molar-refractivity contribution >= 4 is 11.6 Å². The molecule has 5 nitrogen and oxygen atoms in total. The van der Waals surface area contributed by atoms with Crippen molar-refractivity contribution in [2.75, 3.05) is 45.2 Å². The Bertz CT molecular complexity index is 748. The standard InChI is InChI=1S/C22H29N3O2/c1-18-9-10-21(27-2)20(15-18)23-22(26)17-25-12-6-11-24(13-14-25)16-19-7-4-3-5-8-19/h3-5,7-10,15H,6,11-14,16-17H2,1-2H3,(H,23,26). The van der Waals surface area contributed by atoms with E-state index in [1.807, 2.05) is 25.1 Å². The Morgan fingerprint density at radius 3 is 2.56 bits per heavy atom. The second-order valence-corrected chi connectivity index (χ2v) is 7.14. The lowest BCUT2D eigenvalue weighted by Gasteiger charge is -2.21. The zero-order valence-electron chi connectivity index (χ0n) is 16.3. The number of carbonyl (C=O) groups excluding carboxylic acids is 1. The highest BCUT2D eigenvalue weighted by molar-refractivity contribution is 5.93. The number of hydrogen-bond acceptors (Lipinski definition) is 4. The zero-order chi connectivity index (χ0) is 19.1. The number of nitrogens with zero attached hydrogens (tertiary/aromatic N) is 2. The summed E-state index contributed by atoms with van der Waals surface area (Å²) >= 11 is 0. The molecule has 0 spiro atoms. The summed E-state index contributed by atoms with van der Waals surface area (Å²) in [5, 5.41) is 3.00. The maximum Gasteiger partial charge on any atom is 0.238 e. The van der Waals surface area contributed by atoms with Gasteiger partial charge in [0.15, 0.2) is 0 Å². The number of anilines is 1. The monoisotopic (exact) mass is 367 g/mol. The predicted molar refractivity (Wildman–Crippen MR) is 109 cm³/mol. The van der Waals surface area contributed by atoms with Crippen LogP contribution in [0.2, 0.25) is 0 Å². The minimum absolute atomic E-state index is 0.00964. The fourth-order valence-electron chi connectivity index (χ4n) is 3.49. The smallest absolute Gasteiger partial charge is 0.238 e. The van der Waals surface area contributed by atoms with Gasteiger partial charge in [-0.3, -0.25) is 14.6 Å². The van der Waals surface area contributed by atoms with Crippen LogP contribution in [0, 0.1) is 6.92 Å². The molecule has 1 heterocycles. The number of carbonyl (C=O) groups is 1. The van der Waals surface area contributed by atoms with Crippen LogP contribution in [-0.4, -0.2) is 55.5 Å². The van der Waals surface area contributed by atoms with Crippen LogP contribution in [0.3, 0.4) is 0 Å². The van der Waals surface area contributed by atoms with Gasteiger partial charge in [0.2, 0.25) is 5.91 Å². The summed E-state index contributed by atoms with van der Waals surface area (Å²) in [6, 6.07) is 16.4. The highest BCUT2D eigenvalue weighted by Gasteiger charge is 2.18. The molecule has 0 aromatic heterocycles. The summed E-state index contributed by atoms with van der Waals surface area (Å²) in [4.78, 5) is 17.2. The Kier molecular flexibility index (Phi) is 6.85. The molecule has 2 aromatic rings. The average molecular weight is 367 g/mol. The minimum Gasteiger partial charge on any atom is -0.495 e. The molecule has 1 amide bonds. The molecular weight excluding hydrogens is 338 g/mol. The van der Waals surface area contributed by atoms with Crippen LogP contribution >= 0.6 is 0 Å². The molecule has 1 saturated heterocycles. The van der Waals surface area contributed by atoms with Crippen molar-refractivity contribution in [2.24, 2.45) is 0 Å². The maximum atomic E-state index is 12.5. The van der Waals surface area contributed by atoms with Gasteiger partial charge in [0.05, 0.1) is 19.3 Å². The predicted octanol–water partition coefficient (Wildman–Crippen LogP) is 3.15. The Hall–Kier alpha value is -2.37. The summed E-state index contributed by atoms with van der Waals surface area (Å²) in [5.74, 6) is 0.703. The third-order valence-electron chi connectivity index (χ3n) is 4.93.